The Morgan fingerprint density at radius 1 is 1.40 bits per heavy atom. The molecule has 1 aromatic rings. The molecule has 0 saturated carbocycles. The maximum absolute atomic E-state index is 12.4. The summed E-state index contributed by atoms with van der Waals surface area (Å²) in [5.41, 5.74) is 1.19. The second-order valence-corrected chi connectivity index (χ2v) is 6.23. The van der Waals surface area contributed by atoms with Gasteiger partial charge in [0.1, 0.15) is 0 Å². The first-order valence-electron chi connectivity index (χ1n) is 7.23. The molecule has 1 heterocycles. The Balaban J connectivity index is 2.16. The minimum absolute atomic E-state index is 0.0542. The number of hydrogen-bond acceptors (Lipinski definition) is 3. The van der Waals surface area contributed by atoms with Crippen LogP contribution < -0.4 is 5.32 Å². The molecular weight excluding hydrogens is 272 g/mol. The topological polar surface area (TPSA) is 49.4 Å². The van der Waals surface area contributed by atoms with E-state index in [0.717, 1.165) is 37.2 Å². The predicted octanol–water partition coefficient (Wildman–Crippen LogP) is 2.08. The fraction of sp³-hybridized carbons (Fsp3) is 0.600. The lowest BCUT2D eigenvalue weighted by atomic mass is 9.88. The third-order valence-corrected chi connectivity index (χ3v) is 5.19. The molecule has 1 atom stereocenters. The zero-order valence-electron chi connectivity index (χ0n) is 12.4. The van der Waals surface area contributed by atoms with E-state index < -0.39 is 0 Å². The number of thiophene rings is 1. The molecule has 0 bridgehead atoms. The zero-order valence-corrected chi connectivity index (χ0v) is 13.2. The summed E-state index contributed by atoms with van der Waals surface area (Å²) >= 11 is 1.60. The normalized spacial score (nSPS) is 17.4. The van der Waals surface area contributed by atoms with Crippen LogP contribution in [0.3, 0.4) is 0 Å². The minimum atomic E-state index is 0.0542. The van der Waals surface area contributed by atoms with Gasteiger partial charge in [0.25, 0.3) is 5.91 Å². The third-order valence-electron chi connectivity index (χ3n) is 3.96. The summed E-state index contributed by atoms with van der Waals surface area (Å²) in [6.07, 6.45) is 2.55. The Morgan fingerprint density at radius 2 is 2.10 bits per heavy atom. The van der Waals surface area contributed by atoms with Gasteiger partial charge < -0.3 is 10.2 Å². The smallest absolute Gasteiger partial charge is 0.263 e. The fourth-order valence-electron chi connectivity index (χ4n) is 2.72. The van der Waals surface area contributed by atoms with Crippen LogP contribution in [0.15, 0.2) is 6.07 Å². The van der Waals surface area contributed by atoms with Gasteiger partial charge in [-0.1, -0.05) is 0 Å². The van der Waals surface area contributed by atoms with Crippen LogP contribution in [-0.4, -0.2) is 36.9 Å². The second-order valence-electron chi connectivity index (χ2n) is 5.09. The van der Waals surface area contributed by atoms with E-state index in [-0.39, 0.29) is 17.7 Å². The van der Waals surface area contributed by atoms with Crippen molar-refractivity contribution in [3.63, 3.8) is 0 Å². The standard InChI is InChI=1S/C15H22N2O2S/c1-4-17(5-2)15(19)13-9-11-8-10(14(18)16-3)6-7-12(11)20-13/h9-10H,4-8H2,1-3H3,(H,16,18)/t10-/m0/s1. The molecule has 1 aliphatic rings. The van der Waals surface area contributed by atoms with E-state index in [1.165, 1.54) is 10.4 Å². The van der Waals surface area contributed by atoms with Crippen LogP contribution in [0.1, 0.15) is 40.4 Å². The summed E-state index contributed by atoms with van der Waals surface area (Å²) in [5.74, 6) is 0.280. The van der Waals surface area contributed by atoms with Gasteiger partial charge in [-0.3, -0.25) is 9.59 Å². The van der Waals surface area contributed by atoms with Gasteiger partial charge >= 0.3 is 0 Å². The van der Waals surface area contributed by atoms with E-state index >= 15 is 0 Å². The van der Waals surface area contributed by atoms with E-state index in [1.807, 2.05) is 24.8 Å². The number of carbonyl (C=O) groups is 2. The first-order valence-corrected chi connectivity index (χ1v) is 8.04. The number of carbonyl (C=O) groups excluding carboxylic acids is 2. The van der Waals surface area contributed by atoms with Crippen molar-refractivity contribution in [3.05, 3.63) is 21.4 Å². The molecule has 1 aromatic heterocycles. The van der Waals surface area contributed by atoms with Gasteiger partial charge in [0, 0.05) is 30.9 Å². The number of amides is 2. The number of fused-ring (bicyclic) bond motifs is 1. The molecule has 0 radical (unpaired) electrons. The van der Waals surface area contributed by atoms with Gasteiger partial charge in [0.15, 0.2) is 0 Å². The van der Waals surface area contributed by atoms with Gasteiger partial charge in [0.05, 0.1) is 4.88 Å². The lowest BCUT2D eigenvalue weighted by molar-refractivity contribution is -0.124. The molecule has 4 nitrogen and oxygen atoms in total. The van der Waals surface area contributed by atoms with Gasteiger partial charge in [0.2, 0.25) is 5.91 Å². The number of aryl methyl sites for hydroxylation is 1. The fourth-order valence-corrected chi connectivity index (χ4v) is 3.90. The zero-order chi connectivity index (χ0) is 14.7. The molecular formula is C15H22N2O2S. The Bertz CT molecular complexity index is 506. The van der Waals surface area contributed by atoms with Crippen molar-refractivity contribution in [2.45, 2.75) is 33.1 Å². The summed E-state index contributed by atoms with van der Waals surface area (Å²) in [5, 5.41) is 2.72. The molecule has 1 aliphatic carbocycles. The van der Waals surface area contributed by atoms with Crippen molar-refractivity contribution < 1.29 is 9.59 Å². The summed E-state index contributed by atoms with van der Waals surface area (Å²) in [7, 11) is 1.68. The highest BCUT2D eigenvalue weighted by Crippen LogP contribution is 2.33. The van der Waals surface area contributed by atoms with Gasteiger partial charge in [-0.15, -0.1) is 11.3 Å². The van der Waals surface area contributed by atoms with E-state index in [1.54, 1.807) is 18.4 Å². The Morgan fingerprint density at radius 3 is 2.70 bits per heavy atom. The van der Waals surface area contributed by atoms with Crippen LogP contribution in [0.25, 0.3) is 0 Å². The van der Waals surface area contributed by atoms with Gasteiger partial charge in [-0.2, -0.15) is 0 Å². The molecule has 0 spiro atoms. The van der Waals surface area contributed by atoms with Crippen LogP contribution in [-0.2, 0) is 17.6 Å². The monoisotopic (exact) mass is 294 g/mol. The van der Waals surface area contributed by atoms with Gasteiger partial charge in [-0.25, -0.2) is 0 Å². The summed E-state index contributed by atoms with van der Waals surface area (Å²) in [6, 6.07) is 2.00. The molecule has 0 saturated heterocycles. The van der Waals surface area contributed by atoms with Crippen molar-refractivity contribution in [1.82, 2.24) is 10.2 Å². The molecule has 1 N–H and O–H groups in total. The molecule has 0 aliphatic heterocycles. The van der Waals surface area contributed by atoms with Crippen LogP contribution in [0.4, 0.5) is 0 Å². The summed E-state index contributed by atoms with van der Waals surface area (Å²) < 4.78 is 0. The molecule has 2 rings (SSSR count). The Hall–Kier alpha value is -1.36. The molecule has 2 amide bonds. The largest absolute Gasteiger partial charge is 0.359 e. The summed E-state index contributed by atoms with van der Waals surface area (Å²) in [4.78, 5) is 28.0. The van der Waals surface area contributed by atoms with Crippen molar-refractivity contribution in [2.75, 3.05) is 20.1 Å². The Labute approximate surface area is 124 Å². The highest BCUT2D eigenvalue weighted by molar-refractivity contribution is 7.14. The molecule has 5 heteroatoms. The van der Waals surface area contributed by atoms with E-state index in [9.17, 15) is 9.59 Å². The van der Waals surface area contributed by atoms with Crippen LogP contribution in [0.2, 0.25) is 0 Å². The SMILES string of the molecule is CCN(CC)C(=O)c1cc2c(s1)CC[C@H](C(=O)NC)C2. The first-order chi connectivity index (χ1) is 9.60. The number of hydrogen-bond donors (Lipinski definition) is 1. The Kier molecular flexibility index (Phi) is 4.81. The number of nitrogens with zero attached hydrogens (tertiary/aromatic N) is 1. The summed E-state index contributed by atoms with van der Waals surface area (Å²) in [6.45, 7) is 5.46. The van der Waals surface area contributed by atoms with Crippen LogP contribution in [0.5, 0.6) is 0 Å². The number of rotatable bonds is 4. The highest BCUT2D eigenvalue weighted by atomic mass is 32.1. The van der Waals surface area contributed by atoms with Crippen molar-refractivity contribution in [1.29, 1.82) is 0 Å². The van der Waals surface area contributed by atoms with E-state index in [2.05, 4.69) is 5.32 Å². The molecule has 0 aromatic carbocycles. The highest BCUT2D eigenvalue weighted by Gasteiger charge is 2.27. The third kappa shape index (κ3) is 2.87. The van der Waals surface area contributed by atoms with Crippen LogP contribution >= 0.6 is 11.3 Å². The molecule has 110 valence electrons. The maximum atomic E-state index is 12.4. The van der Waals surface area contributed by atoms with E-state index in [0.29, 0.717) is 0 Å². The average Bonchev–Trinajstić information content (AvgIpc) is 2.90. The van der Waals surface area contributed by atoms with E-state index in [4.69, 9.17) is 0 Å². The van der Waals surface area contributed by atoms with Crippen molar-refractivity contribution in [3.8, 4) is 0 Å². The number of nitrogens with one attached hydrogen (secondary N) is 1. The average molecular weight is 294 g/mol. The van der Waals surface area contributed by atoms with Crippen molar-refractivity contribution in [2.24, 2.45) is 5.92 Å². The molecule has 20 heavy (non-hydrogen) atoms. The second kappa shape index (κ2) is 6.39. The lowest BCUT2D eigenvalue weighted by Crippen LogP contribution is -2.31. The maximum Gasteiger partial charge on any atom is 0.263 e. The quantitative estimate of drug-likeness (QED) is 0.924. The van der Waals surface area contributed by atoms with Crippen molar-refractivity contribution >= 4 is 23.2 Å². The molecule has 0 fully saturated rings. The first kappa shape index (κ1) is 15.0. The lowest BCUT2D eigenvalue weighted by Gasteiger charge is -2.20. The van der Waals surface area contributed by atoms with Crippen LogP contribution in [0, 0.1) is 5.92 Å². The minimum Gasteiger partial charge on any atom is -0.359 e. The predicted molar refractivity (Wildman–Crippen MR) is 81.2 cm³/mol. The van der Waals surface area contributed by atoms with Gasteiger partial charge in [-0.05, 0) is 44.7 Å². The molecule has 0 unspecified atom stereocenters.